The summed E-state index contributed by atoms with van der Waals surface area (Å²) in [7, 11) is 0. The van der Waals surface area contributed by atoms with E-state index in [2.05, 4.69) is 39.9 Å². The monoisotopic (exact) mass is 450 g/mol. The molecule has 2 aromatic heterocycles. The molecule has 1 fully saturated rings. The van der Waals surface area contributed by atoms with Crippen molar-refractivity contribution in [1.29, 1.82) is 0 Å². The van der Waals surface area contributed by atoms with Gasteiger partial charge in [-0.25, -0.2) is 19.0 Å². The van der Waals surface area contributed by atoms with Gasteiger partial charge >= 0.3 is 0 Å². The summed E-state index contributed by atoms with van der Waals surface area (Å²) in [6.07, 6.45) is 4.58. The molecule has 1 saturated heterocycles. The number of anilines is 1. The van der Waals surface area contributed by atoms with E-state index < -0.39 is 0 Å². The number of nitrogens with zero attached hydrogens (tertiary/aromatic N) is 6. The minimum Gasteiger partial charge on any atom is -0.353 e. The molecule has 1 aliphatic rings. The Morgan fingerprint density at radius 2 is 1.88 bits per heavy atom. The smallest absolute Gasteiger partial charge is 0.244 e. The van der Waals surface area contributed by atoms with E-state index in [0.717, 1.165) is 49.6 Å². The van der Waals surface area contributed by atoms with Crippen LogP contribution in [0, 0.1) is 19.7 Å². The van der Waals surface area contributed by atoms with Crippen molar-refractivity contribution in [2.45, 2.75) is 46.6 Å². The van der Waals surface area contributed by atoms with Crippen molar-refractivity contribution < 1.29 is 9.18 Å². The summed E-state index contributed by atoms with van der Waals surface area (Å²) in [6, 6.07) is 8.93. The maximum absolute atomic E-state index is 13.7. The maximum atomic E-state index is 13.7. The number of amides is 1. The average Bonchev–Trinajstić information content (AvgIpc) is 3.22. The number of halogens is 1. The molecule has 0 bridgehead atoms. The molecule has 33 heavy (non-hydrogen) atoms. The molecule has 1 aromatic carbocycles. The number of benzene rings is 1. The predicted molar refractivity (Wildman–Crippen MR) is 127 cm³/mol. The number of hydrogen-bond acceptors (Lipinski definition) is 5. The predicted octanol–water partition coefficient (Wildman–Crippen LogP) is 3.79. The topological polar surface area (TPSA) is 67.2 Å². The molecule has 0 atom stereocenters. The highest BCUT2D eigenvalue weighted by Gasteiger charge is 2.23. The Balaban J connectivity index is 1.45. The largest absolute Gasteiger partial charge is 0.353 e. The highest BCUT2D eigenvalue weighted by Crippen LogP contribution is 2.20. The van der Waals surface area contributed by atoms with Crippen LogP contribution in [0.25, 0.3) is 11.4 Å². The number of rotatable bonds is 7. The van der Waals surface area contributed by atoms with Crippen LogP contribution in [0.2, 0.25) is 0 Å². The summed E-state index contributed by atoms with van der Waals surface area (Å²) in [5, 5.41) is 4.63. The number of unbranched alkanes of at least 4 members (excludes halogenated alkanes) is 1. The van der Waals surface area contributed by atoms with Gasteiger partial charge in [-0.3, -0.25) is 4.79 Å². The van der Waals surface area contributed by atoms with Crippen molar-refractivity contribution in [1.82, 2.24) is 24.6 Å². The highest BCUT2D eigenvalue weighted by molar-refractivity contribution is 5.76. The Hall–Kier alpha value is -3.29. The molecule has 1 aliphatic heterocycles. The van der Waals surface area contributed by atoms with E-state index in [9.17, 15) is 9.18 Å². The lowest BCUT2D eigenvalue weighted by molar-refractivity contribution is -0.132. The SMILES string of the molecule is CCCCc1nc(-c2ccc(F)c(C)c2)nn1CC(=O)N1CCN(c2cc(C)ccn2)CC1. The van der Waals surface area contributed by atoms with E-state index in [0.29, 0.717) is 24.5 Å². The van der Waals surface area contributed by atoms with Crippen molar-refractivity contribution in [3.8, 4) is 11.4 Å². The fourth-order valence-corrected chi connectivity index (χ4v) is 4.03. The first kappa shape index (κ1) is 22.9. The third kappa shape index (κ3) is 5.38. The third-order valence-corrected chi connectivity index (χ3v) is 6.06. The zero-order valence-corrected chi connectivity index (χ0v) is 19.6. The minimum absolute atomic E-state index is 0.0383. The Bertz CT molecular complexity index is 1120. The fourth-order valence-electron chi connectivity index (χ4n) is 4.03. The molecule has 3 heterocycles. The fraction of sp³-hybridized carbons (Fsp3) is 0.440. The van der Waals surface area contributed by atoms with Gasteiger partial charge in [-0.15, -0.1) is 0 Å². The van der Waals surface area contributed by atoms with Gasteiger partial charge in [-0.2, -0.15) is 5.10 Å². The van der Waals surface area contributed by atoms with Gasteiger partial charge in [0.05, 0.1) is 0 Å². The number of hydrogen-bond donors (Lipinski definition) is 0. The Morgan fingerprint density at radius 1 is 1.09 bits per heavy atom. The molecule has 0 unspecified atom stereocenters. The van der Waals surface area contributed by atoms with Gasteiger partial charge in [0, 0.05) is 44.4 Å². The van der Waals surface area contributed by atoms with Crippen LogP contribution < -0.4 is 4.90 Å². The van der Waals surface area contributed by atoms with Crippen LogP contribution >= 0.6 is 0 Å². The lowest BCUT2D eigenvalue weighted by Crippen LogP contribution is -2.50. The maximum Gasteiger partial charge on any atom is 0.244 e. The summed E-state index contributed by atoms with van der Waals surface area (Å²) < 4.78 is 15.4. The second-order valence-electron chi connectivity index (χ2n) is 8.64. The van der Waals surface area contributed by atoms with Gasteiger partial charge in [0.1, 0.15) is 24.0 Å². The molecule has 0 spiro atoms. The molecular formula is C25H31FN6O. The number of aromatic nitrogens is 4. The van der Waals surface area contributed by atoms with E-state index in [1.165, 1.54) is 11.6 Å². The summed E-state index contributed by atoms with van der Waals surface area (Å²) in [5.41, 5.74) is 2.49. The Kier molecular flexibility index (Phi) is 7.01. The first-order valence-electron chi connectivity index (χ1n) is 11.6. The molecule has 174 valence electrons. The molecule has 7 nitrogen and oxygen atoms in total. The number of carbonyl (C=O) groups excluding carboxylic acids is 1. The quantitative estimate of drug-likeness (QED) is 0.548. The first-order chi connectivity index (χ1) is 15.9. The number of piperazine rings is 1. The van der Waals surface area contributed by atoms with Crippen molar-refractivity contribution in [3.63, 3.8) is 0 Å². The standard InChI is InChI=1S/C25H31FN6O/c1-4-5-6-22-28-25(20-7-8-21(26)19(3)16-20)29-32(22)17-24(33)31-13-11-30(12-14-31)23-15-18(2)9-10-27-23/h7-10,15-16H,4-6,11-14,17H2,1-3H3. The number of pyridine rings is 1. The molecule has 8 heteroatoms. The zero-order valence-electron chi connectivity index (χ0n) is 19.6. The molecule has 0 N–H and O–H groups in total. The summed E-state index contributed by atoms with van der Waals surface area (Å²) in [6.45, 7) is 8.87. The van der Waals surface area contributed by atoms with Crippen LogP contribution in [0.4, 0.5) is 10.2 Å². The minimum atomic E-state index is -0.250. The Labute approximate surface area is 194 Å². The van der Waals surface area contributed by atoms with Crippen LogP contribution in [0.5, 0.6) is 0 Å². The third-order valence-electron chi connectivity index (χ3n) is 6.06. The second-order valence-corrected chi connectivity index (χ2v) is 8.64. The van der Waals surface area contributed by atoms with E-state index in [-0.39, 0.29) is 18.3 Å². The highest BCUT2D eigenvalue weighted by atomic mass is 19.1. The van der Waals surface area contributed by atoms with Crippen LogP contribution in [0.15, 0.2) is 36.5 Å². The average molecular weight is 451 g/mol. The molecule has 0 radical (unpaired) electrons. The second kappa shape index (κ2) is 10.1. The lowest BCUT2D eigenvalue weighted by Gasteiger charge is -2.35. The van der Waals surface area contributed by atoms with Gasteiger partial charge in [0.25, 0.3) is 0 Å². The van der Waals surface area contributed by atoms with Gasteiger partial charge in [-0.05, 0) is 61.7 Å². The van der Waals surface area contributed by atoms with E-state index in [4.69, 9.17) is 0 Å². The van der Waals surface area contributed by atoms with E-state index in [1.807, 2.05) is 17.2 Å². The van der Waals surface area contributed by atoms with E-state index in [1.54, 1.807) is 23.7 Å². The first-order valence-corrected chi connectivity index (χ1v) is 11.6. The van der Waals surface area contributed by atoms with Crippen molar-refractivity contribution in [2.24, 2.45) is 0 Å². The molecule has 3 aromatic rings. The summed E-state index contributed by atoms with van der Waals surface area (Å²) >= 11 is 0. The number of aryl methyl sites for hydroxylation is 3. The molecule has 1 amide bonds. The normalized spacial score (nSPS) is 14.1. The summed E-state index contributed by atoms with van der Waals surface area (Å²) in [4.78, 5) is 26.3. The van der Waals surface area contributed by atoms with Crippen LogP contribution in [-0.4, -0.2) is 56.7 Å². The zero-order chi connectivity index (χ0) is 23.4. The van der Waals surface area contributed by atoms with Gasteiger partial charge in [-0.1, -0.05) is 13.3 Å². The van der Waals surface area contributed by atoms with Crippen molar-refractivity contribution in [2.75, 3.05) is 31.1 Å². The molecule has 4 rings (SSSR count). The van der Waals surface area contributed by atoms with Crippen LogP contribution in [0.3, 0.4) is 0 Å². The lowest BCUT2D eigenvalue weighted by atomic mass is 10.1. The van der Waals surface area contributed by atoms with Crippen LogP contribution in [-0.2, 0) is 17.8 Å². The molecule has 0 saturated carbocycles. The van der Waals surface area contributed by atoms with Gasteiger partial charge in [0.15, 0.2) is 5.82 Å². The number of carbonyl (C=O) groups is 1. The Morgan fingerprint density at radius 3 is 2.58 bits per heavy atom. The van der Waals surface area contributed by atoms with Gasteiger partial charge < -0.3 is 9.80 Å². The van der Waals surface area contributed by atoms with Gasteiger partial charge in [0.2, 0.25) is 5.91 Å². The van der Waals surface area contributed by atoms with Crippen LogP contribution in [0.1, 0.15) is 36.7 Å². The molecule has 0 aliphatic carbocycles. The van der Waals surface area contributed by atoms with Crippen molar-refractivity contribution in [3.05, 3.63) is 59.3 Å². The summed E-state index contributed by atoms with van der Waals surface area (Å²) in [5.74, 6) is 2.08. The molecular weight excluding hydrogens is 419 g/mol. The van der Waals surface area contributed by atoms with Crippen molar-refractivity contribution >= 4 is 11.7 Å². The van der Waals surface area contributed by atoms with E-state index >= 15 is 0 Å².